The van der Waals surface area contributed by atoms with Gasteiger partial charge in [-0.1, -0.05) is 42.0 Å². The lowest BCUT2D eigenvalue weighted by atomic mass is 10.2. The molecule has 0 atom stereocenters. The molecule has 0 aromatic heterocycles. The molecule has 6 nitrogen and oxygen atoms in total. The number of benzene rings is 3. The van der Waals surface area contributed by atoms with Gasteiger partial charge in [0.15, 0.2) is 0 Å². The molecule has 0 aliphatic rings. The molecule has 0 bridgehead atoms. The average Bonchev–Trinajstić information content (AvgIpc) is 2.81. The standard InChI is InChI=1S/C24H23F3N2O4S/c1-18-10-12-21(13-11-18)33-15-14-28-23(30)17-29(34(31,32)22-8-3-2-4-9-22)20-7-5-6-19(16-20)24(25,26)27/h2-13,16H,14-15,17H2,1H3,(H,28,30). The second kappa shape index (κ2) is 10.6. The van der Waals surface area contributed by atoms with Crippen molar-refractivity contribution < 1.29 is 31.1 Å². The van der Waals surface area contributed by atoms with Crippen LogP contribution in [0.15, 0.2) is 83.8 Å². The summed E-state index contributed by atoms with van der Waals surface area (Å²) in [5.74, 6) is -0.0819. The minimum absolute atomic E-state index is 0.0779. The van der Waals surface area contributed by atoms with Crippen LogP contribution < -0.4 is 14.4 Å². The molecule has 3 aromatic rings. The summed E-state index contributed by atoms with van der Waals surface area (Å²) < 4.78 is 72.3. The lowest BCUT2D eigenvalue weighted by molar-refractivity contribution is -0.137. The largest absolute Gasteiger partial charge is 0.492 e. The van der Waals surface area contributed by atoms with Gasteiger partial charge in [-0.15, -0.1) is 0 Å². The van der Waals surface area contributed by atoms with Gasteiger partial charge < -0.3 is 10.1 Å². The fraction of sp³-hybridized carbons (Fsp3) is 0.208. The molecule has 0 unspecified atom stereocenters. The van der Waals surface area contributed by atoms with Gasteiger partial charge in [0.05, 0.1) is 22.7 Å². The van der Waals surface area contributed by atoms with Crippen molar-refractivity contribution in [1.82, 2.24) is 5.32 Å². The summed E-state index contributed by atoms with van der Waals surface area (Å²) in [5.41, 5.74) is -0.232. The van der Waals surface area contributed by atoms with Crippen molar-refractivity contribution >= 4 is 21.6 Å². The number of alkyl halides is 3. The lowest BCUT2D eigenvalue weighted by Crippen LogP contribution is -2.42. The number of hydrogen-bond donors (Lipinski definition) is 1. The molecule has 0 fully saturated rings. The fourth-order valence-corrected chi connectivity index (χ4v) is 4.49. The Kier molecular flexibility index (Phi) is 7.83. The van der Waals surface area contributed by atoms with Crippen molar-refractivity contribution in [2.45, 2.75) is 18.0 Å². The number of anilines is 1. The predicted octanol–water partition coefficient (Wildman–Crippen LogP) is 4.40. The fourth-order valence-electron chi connectivity index (χ4n) is 3.05. The van der Waals surface area contributed by atoms with Crippen LogP contribution in [0.3, 0.4) is 0 Å². The van der Waals surface area contributed by atoms with Crippen LogP contribution in [0, 0.1) is 6.92 Å². The van der Waals surface area contributed by atoms with Crippen molar-refractivity contribution in [3.63, 3.8) is 0 Å². The number of nitrogens with one attached hydrogen (secondary N) is 1. The summed E-state index contributed by atoms with van der Waals surface area (Å²) in [4.78, 5) is 12.4. The molecule has 0 radical (unpaired) electrons. The highest BCUT2D eigenvalue weighted by Crippen LogP contribution is 2.33. The molecule has 0 saturated carbocycles. The molecule has 3 rings (SSSR count). The number of hydrogen-bond acceptors (Lipinski definition) is 4. The SMILES string of the molecule is Cc1ccc(OCCNC(=O)CN(c2cccc(C(F)(F)F)c2)S(=O)(=O)c2ccccc2)cc1. The van der Waals surface area contributed by atoms with Gasteiger partial charge in [0.25, 0.3) is 10.0 Å². The number of ether oxygens (including phenoxy) is 1. The van der Waals surface area contributed by atoms with Crippen molar-refractivity contribution in [2.24, 2.45) is 0 Å². The van der Waals surface area contributed by atoms with Gasteiger partial charge in [-0.3, -0.25) is 9.10 Å². The zero-order valence-electron chi connectivity index (χ0n) is 18.2. The molecule has 0 spiro atoms. The number of halogens is 3. The predicted molar refractivity (Wildman–Crippen MR) is 122 cm³/mol. The summed E-state index contributed by atoms with van der Waals surface area (Å²) in [6.07, 6.45) is -4.67. The highest BCUT2D eigenvalue weighted by Gasteiger charge is 2.33. The minimum Gasteiger partial charge on any atom is -0.492 e. The van der Waals surface area contributed by atoms with E-state index in [4.69, 9.17) is 4.74 Å². The molecule has 0 saturated heterocycles. The maximum absolute atomic E-state index is 13.2. The van der Waals surface area contributed by atoms with Crippen LogP contribution in [0.5, 0.6) is 5.75 Å². The monoisotopic (exact) mass is 492 g/mol. The van der Waals surface area contributed by atoms with Gasteiger partial charge in [-0.25, -0.2) is 8.42 Å². The third-order valence-electron chi connectivity index (χ3n) is 4.79. The first kappa shape index (κ1) is 25.1. The molecule has 34 heavy (non-hydrogen) atoms. The van der Waals surface area contributed by atoms with E-state index in [0.717, 1.165) is 17.7 Å². The molecular formula is C24H23F3N2O4S. The number of aryl methyl sites for hydroxylation is 1. The van der Waals surface area contributed by atoms with E-state index in [1.54, 1.807) is 18.2 Å². The van der Waals surface area contributed by atoms with Crippen LogP contribution in [-0.4, -0.2) is 34.0 Å². The Labute approximate surface area is 196 Å². The van der Waals surface area contributed by atoms with Crippen LogP contribution in [0.1, 0.15) is 11.1 Å². The van der Waals surface area contributed by atoms with E-state index in [1.807, 2.05) is 19.1 Å². The molecule has 0 heterocycles. The van der Waals surface area contributed by atoms with Gasteiger partial charge in [0.1, 0.15) is 18.9 Å². The normalized spacial score (nSPS) is 11.6. The van der Waals surface area contributed by atoms with Gasteiger partial charge in [-0.05, 0) is 49.4 Å². The number of nitrogens with zero attached hydrogens (tertiary/aromatic N) is 1. The number of rotatable bonds is 9. The van der Waals surface area contributed by atoms with Crippen molar-refractivity contribution in [1.29, 1.82) is 0 Å². The van der Waals surface area contributed by atoms with E-state index in [9.17, 15) is 26.4 Å². The third-order valence-corrected chi connectivity index (χ3v) is 6.58. The zero-order chi connectivity index (χ0) is 24.8. The molecule has 3 aromatic carbocycles. The van der Waals surface area contributed by atoms with Crippen molar-refractivity contribution in [3.05, 3.63) is 90.0 Å². The summed E-state index contributed by atoms with van der Waals surface area (Å²) in [6, 6.07) is 18.3. The molecular weight excluding hydrogens is 469 g/mol. The van der Waals surface area contributed by atoms with E-state index in [0.29, 0.717) is 16.1 Å². The first-order valence-corrected chi connectivity index (χ1v) is 11.7. The quantitative estimate of drug-likeness (QED) is 0.449. The van der Waals surface area contributed by atoms with E-state index in [2.05, 4.69) is 5.32 Å². The van der Waals surface area contributed by atoms with E-state index >= 15 is 0 Å². The van der Waals surface area contributed by atoms with Crippen LogP contribution in [0.2, 0.25) is 0 Å². The van der Waals surface area contributed by atoms with Crippen LogP contribution in [-0.2, 0) is 21.0 Å². The highest BCUT2D eigenvalue weighted by atomic mass is 32.2. The molecule has 1 amide bonds. The molecule has 10 heteroatoms. The third kappa shape index (κ3) is 6.50. The Balaban J connectivity index is 1.76. The Morgan fingerprint density at radius 3 is 2.29 bits per heavy atom. The molecule has 1 N–H and O–H groups in total. The average molecular weight is 493 g/mol. The van der Waals surface area contributed by atoms with E-state index in [-0.39, 0.29) is 23.7 Å². The zero-order valence-corrected chi connectivity index (χ0v) is 19.1. The number of carbonyl (C=O) groups excluding carboxylic acids is 1. The second-order valence-electron chi connectivity index (χ2n) is 7.38. The Hall–Kier alpha value is -3.53. The van der Waals surface area contributed by atoms with Crippen molar-refractivity contribution in [2.75, 3.05) is 24.0 Å². The summed E-state index contributed by atoms with van der Waals surface area (Å²) >= 11 is 0. The Morgan fingerprint density at radius 2 is 1.65 bits per heavy atom. The summed E-state index contributed by atoms with van der Waals surface area (Å²) in [6.45, 7) is 1.44. The Bertz CT molecular complexity index is 1210. The smallest absolute Gasteiger partial charge is 0.416 e. The maximum Gasteiger partial charge on any atom is 0.416 e. The second-order valence-corrected chi connectivity index (χ2v) is 9.25. The molecule has 180 valence electrons. The van der Waals surface area contributed by atoms with Crippen LogP contribution in [0.4, 0.5) is 18.9 Å². The number of sulfonamides is 1. The summed E-state index contributed by atoms with van der Waals surface area (Å²) in [5, 5.41) is 2.54. The van der Waals surface area contributed by atoms with Gasteiger partial charge in [0.2, 0.25) is 5.91 Å². The lowest BCUT2D eigenvalue weighted by Gasteiger charge is -2.25. The first-order valence-electron chi connectivity index (χ1n) is 10.3. The summed E-state index contributed by atoms with van der Waals surface area (Å²) in [7, 11) is -4.32. The highest BCUT2D eigenvalue weighted by molar-refractivity contribution is 7.92. The minimum atomic E-state index is -4.67. The van der Waals surface area contributed by atoms with E-state index < -0.39 is 34.2 Å². The maximum atomic E-state index is 13.2. The molecule has 0 aliphatic carbocycles. The Morgan fingerprint density at radius 1 is 0.971 bits per heavy atom. The van der Waals surface area contributed by atoms with E-state index in [1.165, 1.54) is 30.3 Å². The number of carbonyl (C=O) groups is 1. The van der Waals surface area contributed by atoms with Gasteiger partial charge >= 0.3 is 6.18 Å². The van der Waals surface area contributed by atoms with Gasteiger partial charge in [0, 0.05) is 0 Å². The van der Waals surface area contributed by atoms with Crippen LogP contribution >= 0.6 is 0 Å². The van der Waals surface area contributed by atoms with Gasteiger partial charge in [-0.2, -0.15) is 13.2 Å². The van der Waals surface area contributed by atoms with Crippen LogP contribution in [0.25, 0.3) is 0 Å². The number of amides is 1. The topological polar surface area (TPSA) is 75.7 Å². The van der Waals surface area contributed by atoms with Crippen molar-refractivity contribution in [3.8, 4) is 5.75 Å². The first-order chi connectivity index (χ1) is 16.1. The molecule has 0 aliphatic heterocycles.